The number of ketones is 2. The van der Waals surface area contributed by atoms with E-state index in [1.165, 1.54) is 12.0 Å². The van der Waals surface area contributed by atoms with Gasteiger partial charge in [0, 0.05) is 28.6 Å². The highest BCUT2D eigenvalue weighted by Crippen LogP contribution is 2.28. The van der Waals surface area contributed by atoms with Gasteiger partial charge in [-0.1, -0.05) is 45.9 Å². The number of fused-ring (bicyclic) bond motifs is 1. The molecule has 0 bridgehead atoms. The van der Waals surface area contributed by atoms with Crippen LogP contribution in [0.3, 0.4) is 0 Å². The topological polar surface area (TPSA) is 48.3 Å². The maximum absolute atomic E-state index is 12.5. The van der Waals surface area contributed by atoms with E-state index in [0.717, 1.165) is 17.3 Å². The number of allylic oxidation sites excluding steroid dienone is 3. The summed E-state index contributed by atoms with van der Waals surface area (Å²) in [6.45, 7) is 15.7. The second-order valence-electron chi connectivity index (χ2n) is 8.41. The average Bonchev–Trinajstić information content (AvgIpc) is 3.16. The molecule has 0 aliphatic heterocycles. The van der Waals surface area contributed by atoms with Crippen molar-refractivity contribution in [1.29, 1.82) is 0 Å². The lowest BCUT2D eigenvalue weighted by atomic mass is 9.85. The molecule has 0 aliphatic rings. The van der Waals surface area contributed by atoms with Crippen LogP contribution in [0, 0.1) is 5.41 Å². The third-order valence-corrected chi connectivity index (χ3v) is 5.62. The molecular weight excluding hydrogens is 424 g/mol. The fourth-order valence-electron chi connectivity index (χ4n) is 2.58. The normalized spacial score (nSPS) is 11.2. The van der Waals surface area contributed by atoms with Crippen LogP contribution in [0.2, 0.25) is 0 Å². The largest absolute Gasteiger partial charge is 0.497 e. The molecular formula is C27H39F2NO3. The SMILES string of the molecule is C/C=C(/C)CC.C=C(F)CF.CCC(C)(C)C(=O)Cn1cc(C(C)=O)c2ccc(OC)cc21. The summed E-state index contributed by atoms with van der Waals surface area (Å²) in [6.07, 6.45) is 5.89. The van der Waals surface area contributed by atoms with E-state index in [0.29, 0.717) is 11.3 Å². The molecule has 0 fully saturated rings. The molecule has 0 amide bonds. The van der Waals surface area contributed by atoms with Gasteiger partial charge in [0.25, 0.3) is 0 Å². The molecule has 1 aromatic carbocycles. The molecule has 0 N–H and O–H groups in total. The Morgan fingerprint density at radius 1 is 1.21 bits per heavy atom. The standard InChI is InChI=1S/C18H23NO3.C6H12.C3H4F2/c1-6-18(3,4)17(21)11-19-10-15(12(2)20)14-8-7-13(22-5)9-16(14)19;1-4-6(3)5-2;1-3(5)2-4/h7-10H,6,11H2,1-5H3;4H,5H2,1-3H3;1-2H2/b;6-4-;. The summed E-state index contributed by atoms with van der Waals surface area (Å²) in [7, 11) is 1.60. The lowest BCUT2D eigenvalue weighted by Crippen LogP contribution is -2.27. The maximum Gasteiger partial charge on any atom is 0.161 e. The van der Waals surface area contributed by atoms with Crippen LogP contribution in [0.1, 0.15) is 71.7 Å². The molecule has 6 heteroatoms. The van der Waals surface area contributed by atoms with Gasteiger partial charge in [0.15, 0.2) is 11.6 Å². The van der Waals surface area contributed by atoms with Crippen LogP contribution in [0.15, 0.2) is 48.5 Å². The van der Waals surface area contributed by atoms with E-state index in [9.17, 15) is 18.4 Å². The number of hydrogen-bond donors (Lipinski definition) is 0. The van der Waals surface area contributed by atoms with Crippen molar-refractivity contribution in [3.05, 3.63) is 54.0 Å². The minimum Gasteiger partial charge on any atom is -0.497 e. The smallest absolute Gasteiger partial charge is 0.161 e. The fourth-order valence-corrected chi connectivity index (χ4v) is 2.58. The van der Waals surface area contributed by atoms with Gasteiger partial charge < -0.3 is 9.30 Å². The number of nitrogens with zero attached hydrogens (tertiary/aromatic N) is 1. The first-order chi connectivity index (χ1) is 15.4. The number of carbonyl (C=O) groups is 2. The van der Waals surface area contributed by atoms with E-state index in [4.69, 9.17) is 4.74 Å². The highest BCUT2D eigenvalue weighted by atomic mass is 19.2. The second-order valence-corrected chi connectivity index (χ2v) is 8.41. The Morgan fingerprint density at radius 3 is 2.15 bits per heavy atom. The number of ether oxygens (including phenoxy) is 1. The van der Waals surface area contributed by atoms with Gasteiger partial charge in [-0.15, -0.1) is 0 Å². The number of carbonyl (C=O) groups excluding carboxylic acids is 2. The van der Waals surface area contributed by atoms with Crippen LogP contribution >= 0.6 is 0 Å². The quantitative estimate of drug-likeness (QED) is 0.298. The molecule has 0 saturated carbocycles. The second kappa shape index (κ2) is 14.4. The van der Waals surface area contributed by atoms with Gasteiger partial charge in [0.1, 0.15) is 18.3 Å². The number of hydrogen-bond acceptors (Lipinski definition) is 3. The number of aromatic nitrogens is 1. The van der Waals surface area contributed by atoms with E-state index in [2.05, 4.69) is 33.4 Å². The van der Waals surface area contributed by atoms with Crippen molar-refractivity contribution in [3.8, 4) is 5.75 Å². The van der Waals surface area contributed by atoms with Gasteiger partial charge in [-0.2, -0.15) is 0 Å². The predicted octanol–water partition coefficient (Wildman–Crippen LogP) is 7.66. The molecule has 184 valence electrons. The van der Waals surface area contributed by atoms with Crippen molar-refractivity contribution in [2.45, 2.75) is 67.9 Å². The third kappa shape index (κ3) is 9.72. The Kier molecular flexibility index (Phi) is 13.2. The molecule has 0 aliphatic carbocycles. The first-order valence-electron chi connectivity index (χ1n) is 11.1. The van der Waals surface area contributed by atoms with Gasteiger partial charge in [-0.3, -0.25) is 9.59 Å². The summed E-state index contributed by atoms with van der Waals surface area (Å²) in [6, 6.07) is 5.57. The molecule has 33 heavy (non-hydrogen) atoms. The van der Waals surface area contributed by atoms with Gasteiger partial charge in [0.2, 0.25) is 0 Å². The molecule has 0 atom stereocenters. The van der Waals surface area contributed by atoms with Gasteiger partial charge in [-0.25, -0.2) is 8.78 Å². The van der Waals surface area contributed by atoms with Gasteiger partial charge in [-0.05, 0) is 45.7 Å². The zero-order valence-electron chi connectivity index (χ0n) is 21.4. The Hall–Kier alpha value is -2.76. The van der Waals surface area contributed by atoms with E-state index in [1.54, 1.807) is 20.2 Å². The van der Waals surface area contributed by atoms with Gasteiger partial charge >= 0.3 is 0 Å². The van der Waals surface area contributed by atoms with Crippen LogP contribution in [-0.2, 0) is 11.3 Å². The Balaban J connectivity index is 0.000000774. The minimum absolute atomic E-state index is 0.00359. The van der Waals surface area contributed by atoms with Crippen molar-refractivity contribution in [2.24, 2.45) is 5.41 Å². The maximum atomic E-state index is 12.5. The summed E-state index contributed by atoms with van der Waals surface area (Å²) >= 11 is 0. The van der Waals surface area contributed by atoms with Crippen LogP contribution in [0.4, 0.5) is 8.78 Å². The van der Waals surface area contributed by atoms with Gasteiger partial charge in [0.05, 0.1) is 19.2 Å². The summed E-state index contributed by atoms with van der Waals surface area (Å²) in [5.74, 6) is -0.0462. The molecule has 2 rings (SSSR count). The van der Waals surface area contributed by atoms with Crippen molar-refractivity contribution in [3.63, 3.8) is 0 Å². The Bertz CT molecular complexity index is 971. The zero-order chi connectivity index (χ0) is 25.8. The number of alkyl halides is 1. The van der Waals surface area contributed by atoms with Crippen LogP contribution in [-0.4, -0.2) is 29.9 Å². The van der Waals surface area contributed by atoms with Crippen LogP contribution in [0.5, 0.6) is 5.75 Å². The molecule has 0 radical (unpaired) electrons. The monoisotopic (exact) mass is 463 g/mol. The predicted molar refractivity (Wildman–Crippen MR) is 134 cm³/mol. The van der Waals surface area contributed by atoms with E-state index >= 15 is 0 Å². The van der Waals surface area contributed by atoms with Crippen LogP contribution < -0.4 is 4.74 Å². The highest BCUT2D eigenvalue weighted by Gasteiger charge is 2.26. The summed E-state index contributed by atoms with van der Waals surface area (Å²) < 4.78 is 28.6. The molecule has 4 nitrogen and oxygen atoms in total. The summed E-state index contributed by atoms with van der Waals surface area (Å²) in [5.41, 5.74) is 2.59. The fraction of sp³-hybridized carbons (Fsp3) is 0.481. The van der Waals surface area contributed by atoms with Crippen molar-refractivity contribution in [2.75, 3.05) is 13.8 Å². The number of Topliss-reactive ketones (excluding diaryl/α,β-unsaturated/α-hetero) is 2. The summed E-state index contributed by atoms with van der Waals surface area (Å²) in [5, 5.41) is 0.857. The van der Waals surface area contributed by atoms with Crippen LogP contribution in [0.25, 0.3) is 10.9 Å². The number of methoxy groups -OCH3 is 1. The number of benzene rings is 1. The van der Waals surface area contributed by atoms with Crippen molar-refractivity contribution in [1.82, 2.24) is 4.57 Å². The molecule has 1 heterocycles. The van der Waals surface area contributed by atoms with Crippen molar-refractivity contribution >= 4 is 22.5 Å². The molecule has 0 spiro atoms. The molecule has 0 saturated heterocycles. The average molecular weight is 464 g/mol. The van der Waals surface area contributed by atoms with Crippen molar-refractivity contribution < 1.29 is 23.1 Å². The van der Waals surface area contributed by atoms with E-state index in [1.807, 2.05) is 43.5 Å². The Morgan fingerprint density at radius 2 is 1.79 bits per heavy atom. The number of halogens is 2. The molecule has 2 aromatic rings. The zero-order valence-corrected chi connectivity index (χ0v) is 21.4. The third-order valence-electron chi connectivity index (χ3n) is 5.62. The Labute approximate surface area is 197 Å². The lowest BCUT2D eigenvalue weighted by molar-refractivity contribution is -0.127. The lowest BCUT2D eigenvalue weighted by Gasteiger charge is -2.21. The highest BCUT2D eigenvalue weighted by molar-refractivity contribution is 6.07. The first-order valence-corrected chi connectivity index (χ1v) is 11.1. The van der Waals surface area contributed by atoms with E-state index in [-0.39, 0.29) is 23.5 Å². The number of rotatable bonds is 8. The molecule has 1 aromatic heterocycles. The minimum atomic E-state index is -1.06. The summed E-state index contributed by atoms with van der Waals surface area (Å²) in [4.78, 5) is 24.3. The first kappa shape index (κ1) is 30.2. The molecule has 0 unspecified atom stereocenters. The van der Waals surface area contributed by atoms with E-state index < -0.39 is 12.5 Å².